The summed E-state index contributed by atoms with van der Waals surface area (Å²) in [5.74, 6) is -0.356. The Labute approximate surface area is 183 Å². The lowest BCUT2D eigenvalue weighted by Gasteiger charge is -2.30. The van der Waals surface area contributed by atoms with E-state index in [-0.39, 0.29) is 16.7 Å². The Morgan fingerprint density at radius 3 is 2.65 bits per heavy atom. The summed E-state index contributed by atoms with van der Waals surface area (Å²) in [6.45, 7) is 0.611. The Morgan fingerprint density at radius 2 is 1.87 bits per heavy atom. The second-order valence-corrected chi connectivity index (χ2v) is 10.5. The van der Waals surface area contributed by atoms with Crippen molar-refractivity contribution in [2.24, 2.45) is 5.92 Å². The van der Waals surface area contributed by atoms with Crippen molar-refractivity contribution in [3.05, 3.63) is 60.9 Å². The van der Waals surface area contributed by atoms with E-state index in [4.69, 9.17) is 0 Å². The average molecular weight is 453 g/mol. The second-order valence-electron chi connectivity index (χ2n) is 7.51. The standard InChI is InChI=1S/C22H20N4O3S2/c27-21(16-9-12-26(13-10-16)31(28,29)17-5-3-11-23-14-17)25-22-24-20-18-6-2-1-4-15(18)7-8-19(20)30-22/h1-8,11,14,16H,9-10,12-13H2,(H,24,25,27). The highest BCUT2D eigenvalue weighted by molar-refractivity contribution is 7.89. The molecule has 158 valence electrons. The summed E-state index contributed by atoms with van der Waals surface area (Å²) in [6, 6.07) is 15.3. The Balaban J connectivity index is 1.28. The van der Waals surface area contributed by atoms with Crippen LogP contribution in [-0.2, 0) is 14.8 Å². The van der Waals surface area contributed by atoms with Gasteiger partial charge in [-0.3, -0.25) is 9.78 Å². The minimum absolute atomic E-state index is 0.109. The van der Waals surface area contributed by atoms with E-state index in [2.05, 4.69) is 21.4 Å². The number of anilines is 1. The fourth-order valence-electron chi connectivity index (χ4n) is 3.93. The number of amides is 1. The van der Waals surface area contributed by atoms with Crippen LogP contribution in [0.5, 0.6) is 0 Å². The summed E-state index contributed by atoms with van der Waals surface area (Å²) in [5.41, 5.74) is 0.885. The van der Waals surface area contributed by atoms with Gasteiger partial charge in [0.15, 0.2) is 5.13 Å². The van der Waals surface area contributed by atoms with Crippen LogP contribution in [0.25, 0.3) is 21.0 Å². The van der Waals surface area contributed by atoms with Gasteiger partial charge in [-0.15, -0.1) is 0 Å². The second kappa shape index (κ2) is 7.99. The number of nitrogens with one attached hydrogen (secondary N) is 1. The first-order valence-electron chi connectivity index (χ1n) is 10.0. The van der Waals surface area contributed by atoms with E-state index in [0.717, 1.165) is 21.0 Å². The van der Waals surface area contributed by atoms with E-state index in [1.54, 1.807) is 12.3 Å². The molecular formula is C22H20N4O3S2. The number of carbonyl (C=O) groups is 1. The number of nitrogens with zero attached hydrogens (tertiary/aromatic N) is 3. The molecule has 5 rings (SSSR count). The number of hydrogen-bond donors (Lipinski definition) is 1. The van der Waals surface area contributed by atoms with Crippen molar-refractivity contribution in [2.45, 2.75) is 17.7 Å². The highest BCUT2D eigenvalue weighted by atomic mass is 32.2. The van der Waals surface area contributed by atoms with Gasteiger partial charge in [0.1, 0.15) is 4.90 Å². The summed E-state index contributed by atoms with van der Waals surface area (Å²) < 4.78 is 27.9. The number of sulfonamides is 1. The number of piperidine rings is 1. The highest BCUT2D eigenvalue weighted by Gasteiger charge is 2.32. The predicted octanol–water partition coefficient (Wildman–Crippen LogP) is 3.88. The third-order valence-electron chi connectivity index (χ3n) is 5.61. The van der Waals surface area contributed by atoms with Crippen LogP contribution in [0, 0.1) is 5.92 Å². The molecule has 1 saturated heterocycles. The van der Waals surface area contributed by atoms with E-state index >= 15 is 0 Å². The molecule has 9 heteroatoms. The third kappa shape index (κ3) is 3.80. The Kier molecular flexibility index (Phi) is 5.17. The van der Waals surface area contributed by atoms with E-state index < -0.39 is 10.0 Å². The molecule has 2 aromatic carbocycles. The molecule has 0 bridgehead atoms. The van der Waals surface area contributed by atoms with Gasteiger partial charge < -0.3 is 5.32 Å². The van der Waals surface area contributed by atoms with Gasteiger partial charge in [0.05, 0.1) is 10.2 Å². The molecule has 31 heavy (non-hydrogen) atoms. The first-order valence-corrected chi connectivity index (χ1v) is 12.3. The van der Waals surface area contributed by atoms with Crippen molar-refractivity contribution in [3.8, 4) is 0 Å². The normalized spacial score (nSPS) is 16.0. The summed E-state index contributed by atoms with van der Waals surface area (Å²) in [6.07, 6.45) is 3.84. The van der Waals surface area contributed by atoms with Crippen LogP contribution in [0.15, 0.2) is 65.8 Å². The third-order valence-corrected chi connectivity index (χ3v) is 8.43. The number of rotatable bonds is 4. The van der Waals surface area contributed by atoms with Crippen LogP contribution in [0.1, 0.15) is 12.8 Å². The monoisotopic (exact) mass is 452 g/mol. The van der Waals surface area contributed by atoms with Crippen molar-refractivity contribution < 1.29 is 13.2 Å². The zero-order valence-electron chi connectivity index (χ0n) is 16.6. The fourth-order valence-corrected chi connectivity index (χ4v) is 6.25. The molecule has 0 saturated carbocycles. The quantitative estimate of drug-likeness (QED) is 0.507. The lowest BCUT2D eigenvalue weighted by Crippen LogP contribution is -2.41. The van der Waals surface area contributed by atoms with Gasteiger partial charge in [-0.2, -0.15) is 4.31 Å². The van der Waals surface area contributed by atoms with Gasteiger partial charge in [0.2, 0.25) is 15.9 Å². The van der Waals surface area contributed by atoms with Crippen molar-refractivity contribution in [3.63, 3.8) is 0 Å². The molecule has 4 aromatic rings. The van der Waals surface area contributed by atoms with Crippen LogP contribution in [0.3, 0.4) is 0 Å². The maximum absolute atomic E-state index is 12.8. The number of benzene rings is 2. The molecule has 1 N–H and O–H groups in total. The minimum atomic E-state index is -3.58. The minimum Gasteiger partial charge on any atom is -0.302 e. The van der Waals surface area contributed by atoms with E-state index in [1.807, 2.05) is 30.3 Å². The van der Waals surface area contributed by atoms with Gasteiger partial charge in [-0.25, -0.2) is 13.4 Å². The van der Waals surface area contributed by atoms with Crippen LogP contribution in [0.4, 0.5) is 5.13 Å². The van der Waals surface area contributed by atoms with Gasteiger partial charge in [-0.05, 0) is 36.4 Å². The molecule has 0 aliphatic carbocycles. The van der Waals surface area contributed by atoms with Gasteiger partial charge >= 0.3 is 0 Å². The molecule has 1 aliphatic heterocycles. The maximum Gasteiger partial charge on any atom is 0.244 e. The molecule has 3 heterocycles. The van der Waals surface area contributed by atoms with Crippen molar-refractivity contribution in [1.29, 1.82) is 0 Å². The first-order chi connectivity index (χ1) is 15.0. The Bertz CT molecular complexity index is 1360. The summed E-state index contributed by atoms with van der Waals surface area (Å²) in [4.78, 5) is 21.5. The molecule has 0 atom stereocenters. The van der Waals surface area contributed by atoms with E-state index in [0.29, 0.717) is 31.1 Å². The van der Waals surface area contributed by atoms with Crippen molar-refractivity contribution >= 4 is 53.4 Å². The number of carbonyl (C=O) groups excluding carboxylic acids is 1. The molecule has 0 unspecified atom stereocenters. The molecule has 1 aliphatic rings. The Morgan fingerprint density at radius 1 is 1.06 bits per heavy atom. The molecule has 2 aromatic heterocycles. The topological polar surface area (TPSA) is 92.3 Å². The lowest BCUT2D eigenvalue weighted by atomic mass is 9.97. The number of fused-ring (bicyclic) bond motifs is 3. The molecule has 1 fully saturated rings. The first kappa shape index (κ1) is 20.0. The largest absolute Gasteiger partial charge is 0.302 e. The number of pyridine rings is 1. The molecule has 1 amide bonds. The SMILES string of the molecule is O=C(Nc1nc2c(ccc3ccccc32)s1)C1CCN(S(=O)(=O)c2cccnc2)CC1. The van der Waals surface area contributed by atoms with Gasteiger partial charge in [0, 0.05) is 36.8 Å². The van der Waals surface area contributed by atoms with Crippen molar-refractivity contribution in [2.75, 3.05) is 18.4 Å². The maximum atomic E-state index is 12.8. The molecular weight excluding hydrogens is 432 g/mol. The highest BCUT2D eigenvalue weighted by Crippen LogP contribution is 2.32. The smallest absolute Gasteiger partial charge is 0.244 e. The lowest BCUT2D eigenvalue weighted by molar-refractivity contribution is -0.120. The number of thiazole rings is 1. The molecule has 7 nitrogen and oxygen atoms in total. The molecule has 0 spiro atoms. The zero-order chi connectivity index (χ0) is 21.4. The number of aromatic nitrogens is 2. The predicted molar refractivity (Wildman–Crippen MR) is 121 cm³/mol. The average Bonchev–Trinajstić information content (AvgIpc) is 3.23. The van der Waals surface area contributed by atoms with Crippen LogP contribution < -0.4 is 5.32 Å². The van der Waals surface area contributed by atoms with E-state index in [1.165, 1.54) is 27.9 Å². The zero-order valence-corrected chi connectivity index (χ0v) is 18.2. The molecule has 0 radical (unpaired) electrons. The summed E-state index contributed by atoms with van der Waals surface area (Å²) in [7, 11) is -3.58. The fraction of sp³-hybridized carbons (Fsp3) is 0.227. The van der Waals surface area contributed by atoms with E-state index in [9.17, 15) is 13.2 Å². The van der Waals surface area contributed by atoms with Crippen LogP contribution in [-0.4, -0.2) is 41.7 Å². The van der Waals surface area contributed by atoms with Gasteiger partial charge in [0.25, 0.3) is 0 Å². The van der Waals surface area contributed by atoms with Crippen molar-refractivity contribution in [1.82, 2.24) is 14.3 Å². The summed E-state index contributed by atoms with van der Waals surface area (Å²) >= 11 is 1.45. The van der Waals surface area contributed by atoms with Crippen LogP contribution in [0.2, 0.25) is 0 Å². The Hall–Kier alpha value is -2.88. The number of hydrogen-bond acceptors (Lipinski definition) is 6. The summed E-state index contributed by atoms with van der Waals surface area (Å²) in [5, 5.41) is 5.68. The van der Waals surface area contributed by atoms with Gasteiger partial charge in [-0.1, -0.05) is 41.7 Å². The van der Waals surface area contributed by atoms with Crippen LogP contribution >= 0.6 is 11.3 Å².